The van der Waals surface area contributed by atoms with Crippen LogP contribution in [0.1, 0.15) is 17.3 Å². The fourth-order valence-electron chi connectivity index (χ4n) is 1.65. The number of ether oxygens (including phenoxy) is 1. The van der Waals surface area contributed by atoms with E-state index in [1.165, 1.54) is 31.0 Å². The number of benzene rings is 1. The lowest BCUT2D eigenvalue weighted by Gasteiger charge is -2.21. The summed E-state index contributed by atoms with van der Waals surface area (Å²) in [5.41, 5.74) is 0.350. The summed E-state index contributed by atoms with van der Waals surface area (Å²) in [4.78, 5) is 12.0. The first-order chi connectivity index (χ1) is 9.03. The number of amides is 1. The Kier molecular flexibility index (Phi) is 5.98. The number of aliphatic hydroxyl groups excluding tert-OH is 1. The van der Waals surface area contributed by atoms with Crippen molar-refractivity contribution in [1.82, 2.24) is 5.32 Å². The van der Waals surface area contributed by atoms with E-state index in [-0.39, 0.29) is 29.6 Å². The molecule has 2 unspecified atom stereocenters. The standard InChI is InChI=1S/C13H19NO4S/c1-8(12(7-15)19-3)14-13(17)9-4-5-11(18-2)10(16)6-9/h4-6,8,12,15-16H,7H2,1-3H3,(H,14,17). The van der Waals surface area contributed by atoms with Crippen LogP contribution >= 0.6 is 11.8 Å². The SMILES string of the molecule is COc1ccc(C(=O)NC(C)C(CO)SC)cc1O. The number of thioether (sulfide) groups is 1. The van der Waals surface area contributed by atoms with E-state index in [1.807, 2.05) is 13.2 Å². The Morgan fingerprint density at radius 1 is 1.53 bits per heavy atom. The van der Waals surface area contributed by atoms with Gasteiger partial charge in [0.05, 0.1) is 13.7 Å². The summed E-state index contributed by atoms with van der Waals surface area (Å²) in [7, 11) is 1.45. The molecule has 106 valence electrons. The Labute approximate surface area is 117 Å². The van der Waals surface area contributed by atoms with Crippen LogP contribution in [0, 0.1) is 0 Å². The van der Waals surface area contributed by atoms with Crippen molar-refractivity contribution >= 4 is 17.7 Å². The van der Waals surface area contributed by atoms with Crippen LogP contribution in [-0.2, 0) is 0 Å². The summed E-state index contributed by atoms with van der Waals surface area (Å²) in [5, 5.41) is 21.5. The number of carbonyl (C=O) groups excluding carboxylic acids is 1. The van der Waals surface area contributed by atoms with Crippen LogP contribution in [0.15, 0.2) is 18.2 Å². The number of hydrogen-bond acceptors (Lipinski definition) is 5. The highest BCUT2D eigenvalue weighted by molar-refractivity contribution is 7.99. The zero-order valence-corrected chi connectivity index (χ0v) is 12.0. The van der Waals surface area contributed by atoms with Gasteiger partial charge in [0.2, 0.25) is 0 Å². The van der Waals surface area contributed by atoms with Crippen molar-refractivity contribution in [3.05, 3.63) is 23.8 Å². The lowest BCUT2D eigenvalue weighted by molar-refractivity contribution is 0.0935. The molecule has 0 spiro atoms. The van der Waals surface area contributed by atoms with Crippen LogP contribution in [-0.4, -0.2) is 47.4 Å². The zero-order valence-electron chi connectivity index (χ0n) is 11.2. The lowest BCUT2D eigenvalue weighted by Crippen LogP contribution is -2.41. The summed E-state index contributed by atoms with van der Waals surface area (Å²) in [6, 6.07) is 4.30. The molecule has 0 saturated heterocycles. The van der Waals surface area contributed by atoms with Crippen molar-refractivity contribution in [2.24, 2.45) is 0 Å². The van der Waals surface area contributed by atoms with Gasteiger partial charge in [0, 0.05) is 16.9 Å². The molecule has 2 atom stereocenters. The van der Waals surface area contributed by atoms with Gasteiger partial charge in [-0.2, -0.15) is 11.8 Å². The highest BCUT2D eigenvalue weighted by Gasteiger charge is 2.18. The summed E-state index contributed by atoms with van der Waals surface area (Å²) < 4.78 is 4.92. The van der Waals surface area contributed by atoms with Crippen molar-refractivity contribution in [3.63, 3.8) is 0 Å². The van der Waals surface area contributed by atoms with E-state index in [2.05, 4.69) is 5.32 Å². The summed E-state index contributed by atoms with van der Waals surface area (Å²) in [6.07, 6.45) is 1.88. The maximum atomic E-state index is 12.0. The molecule has 1 amide bonds. The van der Waals surface area contributed by atoms with Crippen LogP contribution in [0.3, 0.4) is 0 Å². The van der Waals surface area contributed by atoms with Gasteiger partial charge >= 0.3 is 0 Å². The predicted molar refractivity (Wildman–Crippen MR) is 76.0 cm³/mol. The van der Waals surface area contributed by atoms with Crippen molar-refractivity contribution in [1.29, 1.82) is 0 Å². The Hall–Kier alpha value is -1.40. The molecule has 0 aliphatic rings. The number of aromatic hydroxyl groups is 1. The molecule has 3 N–H and O–H groups in total. The van der Waals surface area contributed by atoms with E-state index < -0.39 is 0 Å². The highest BCUT2D eigenvalue weighted by Crippen LogP contribution is 2.26. The molecular formula is C13H19NO4S. The fraction of sp³-hybridized carbons (Fsp3) is 0.462. The van der Waals surface area contributed by atoms with Gasteiger partial charge in [-0.05, 0) is 31.4 Å². The van der Waals surface area contributed by atoms with Crippen LogP contribution in [0.2, 0.25) is 0 Å². The maximum Gasteiger partial charge on any atom is 0.251 e. The van der Waals surface area contributed by atoms with Gasteiger partial charge in [-0.15, -0.1) is 0 Å². The lowest BCUT2D eigenvalue weighted by atomic mass is 10.1. The fourth-order valence-corrected chi connectivity index (χ4v) is 2.28. The predicted octanol–water partition coefficient (Wildman–Crippen LogP) is 1.24. The molecule has 0 aliphatic carbocycles. The van der Waals surface area contributed by atoms with Crippen molar-refractivity contribution in [2.75, 3.05) is 20.0 Å². The molecule has 0 aliphatic heterocycles. The Bertz CT molecular complexity index is 435. The molecule has 0 bridgehead atoms. The second-order valence-corrected chi connectivity index (χ2v) is 5.18. The zero-order chi connectivity index (χ0) is 14.4. The molecule has 0 saturated carbocycles. The molecule has 0 radical (unpaired) electrons. The minimum absolute atomic E-state index is 0.00350. The van der Waals surface area contributed by atoms with Gasteiger partial charge in [0.25, 0.3) is 5.91 Å². The van der Waals surface area contributed by atoms with E-state index in [9.17, 15) is 9.90 Å². The first kappa shape index (κ1) is 15.7. The largest absolute Gasteiger partial charge is 0.504 e. The smallest absolute Gasteiger partial charge is 0.251 e. The van der Waals surface area contributed by atoms with E-state index in [0.717, 1.165) is 0 Å². The summed E-state index contributed by atoms with van der Waals surface area (Å²) in [6.45, 7) is 1.83. The molecule has 6 heteroatoms. The van der Waals surface area contributed by atoms with Crippen LogP contribution in [0.5, 0.6) is 11.5 Å². The Morgan fingerprint density at radius 3 is 2.68 bits per heavy atom. The third kappa shape index (κ3) is 4.04. The second-order valence-electron chi connectivity index (χ2n) is 4.11. The van der Waals surface area contributed by atoms with E-state index in [0.29, 0.717) is 11.3 Å². The molecule has 1 rings (SSSR count). The number of carbonyl (C=O) groups is 1. The van der Waals surface area contributed by atoms with Crippen molar-refractivity contribution in [2.45, 2.75) is 18.2 Å². The molecule has 0 fully saturated rings. The summed E-state index contributed by atoms with van der Waals surface area (Å²) >= 11 is 1.49. The van der Waals surface area contributed by atoms with Gasteiger partial charge in [-0.25, -0.2) is 0 Å². The number of aliphatic hydroxyl groups is 1. The van der Waals surface area contributed by atoms with Crippen LogP contribution in [0.25, 0.3) is 0 Å². The average Bonchev–Trinajstić information content (AvgIpc) is 2.39. The maximum absolute atomic E-state index is 12.0. The van der Waals surface area contributed by atoms with Gasteiger partial charge in [-0.3, -0.25) is 4.79 Å². The van der Waals surface area contributed by atoms with Gasteiger partial charge in [0.1, 0.15) is 0 Å². The number of rotatable bonds is 6. The third-order valence-electron chi connectivity index (χ3n) is 2.84. The minimum Gasteiger partial charge on any atom is -0.504 e. The van der Waals surface area contributed by atoms with E-state index in [1.54, 1.807) is 6.07 Å². The van der Waals surface area contributed by atoms with Crippen molar-refractivity contribution < 1.29 is 19.7 Å². The summed E-state index contributed by atoms with van der Waals surface area (Å²) in [5.74, 6) is -0.0497. The molecule has 1 aromatic rings. The number of phenolic OH excluding ortho intramolecular Hbond substituents is 1. The van der Waals surface area contributed by atoms with E-state index in [4.69, 9.17) is 9.84 Å². The quantitative estimate of drug-likeness (QED) is 0.733. The number of phenols is 1. The van der Waals surface area contributed by atoms with E-state index >= 15 is 0 Å². The van der Waals surface area contributed by atoms with Crippen LogP contribution in [0.4, 0.5) is 0 Å². The molecule has 0 heterocycles. The molecule has 5 nitrogen and oxygen atoms in total. The van der Waals surface area contributed by atoms with Gasteiger partial charge < -0.3 is 20.3 Å². The molecule has 19 heavy (non-hydrogen) atoms. The second kappa shape index (κ2) is 7.25. The Morgan fingerprint density at radius 2 is 2.21 bits per heavy atom. The van der Waals surface area contributed by atoms with Gasteiger partial charge in [0.15, 0.2) is 11.5 Å². The van der Waals surface area contributed by atoms with Crippen LogP contribution < -0.4 is 10.1 Å². The third-order valence-corrected chi connectivity index (χ3v) is 4.00. The average molecular weight is 285 g/mol. The minimum atomic E-state index is -0.294. The number of hydrogen-bond donors (Lipinski definition) is 3. The van der Waals surface area contributed by atoms with Gasteiger partial charge in [-0.1, -0.05) is 0 Å². The van der Waals surface area contributed by atoms with Crippen molar-refractivity contribution in [3.8, 4) is 11.5 Å². The normalized spacial score (nSPS) is 13.7. The molecule has 0 aromatic heterocycles. The first-order valence-electron chi connectivity index (χ1n) is 5.85. The first-order valence-corrected chi connectivity index (χ1v) is 7.13. The number of nitrogens with one attached hydrogen (secondary N) is 1. The number of methoxy groups -OCH3 is 1. The Balaban J connectivity index is 2.75. The molecular weight excluding hydrogens is 266 g/mol. The molecule has 1 aromatic carbocycles. The topological polar surface area (TPSA) is 78.8 Å². The monoisotopic (exact) mass is 285 g/mol. The highest BCUT2D eigenvalue weighted by atomic mass is 32.2.